The van der Waals surface area contributed by atoms with Crippen LogP contribution in [0, 0.1) is 0 Å². The van der Waals surface area contributed by atoms with Gasteiger partial charge in [-0.05, 0) is 19.9 Å². The molecule has 0 spiro atoms. The Morgan fingerprint density at radius 1 is 1.22 bits per heavy atom. The van der Waals surface area contributed by atoms with E-state index in [-0.39, 0.29) is 36.6 Å². The van der Waals surface area contributed by atoms with Crippen LogP contribution in [0.3, 0.4) is 0 Å². The van der Waals surface area contributed by atoms with E-state index >= 15 is 0 Å². The van der Waals surface area contributed by atoms with E-state index in [4.69, 9.17) is 0 Å². The van der Waals surface area contributed by atoms with Gasteiger partial charge in [-0.2, -0.15) is 0 Å². The number of benzene rings is 1. The van der Waals surface area contributed by atoms with Crippen molar-refractivity contribution in [2.24, 2.45) is 0 Å². The van der Waals surface area contributed by atoms with Gasteiger partial charge in [-0.25, -0.2) is 4.39 Å². The Morgan fingerprint density at radius 3 is 2.30 bits per heavy atom. The van der Waals surface area contributed by atoms with Crippen LogP contribution < -0.4 is 10.2 Å². The van der Waals surface area contributed by atoms with Crippen molar-refractivity contribution in [3.05, 3.63) is 23.8 Å². The number of halogens is 3. The van der Waals surface area contributed by atoms with Gasteiger partial charge < -0.3 is 15.3 Å². The smallest absolute Gasteiger partial charge is 0.122 e. The molecule has 1 aromatic rings. The van der Waals surface area contributed by atoms with Gasteiger partial charge in [-0.15, -0.1) is 24.8 Å². The van der Waals surface area contributed by atoms with Crippen molar-refractivity contribution < 1.29 is 9.50 Å². The monoisotopic (exact) mass is 367 g/mol. The molecule has 1 heterocycles. The van der Waals surface area contributed by atoms with Gasteiger partial charge in [0.2, 0.25) is 0 Å². The van der Waals surface area contributed by atoms with Crippen molar-refractivity contribution in [3.63, 3.8) is 0 Å². The van der Waals surface area contributed by atoms with Gasteiger partial charge in [0, 0.05) is 56.6 Å². The Hall–Kier alpha value is -0.750. The second-order valence-electron chi connectivity index (χ2n) is 5.37. The first kappa shape index (κ1) is 22.2. The van der Waals surface area contributed by atoms with Crippen molar-refractivity contribution in [3.8, 4) is 5.75 Å². The van der Waals surface area contributed by atoms with Gasteiger partial charge in [0.1, 0.15) is 12.4 Å². The van der Waals surface area contributed by atoms with Gasteiger partial charge in [0.05, 0.1) is 6.04 Å². The molecule has 134 valence electrons. The van der Waals surface area contributed by atoms with Crippen LogP contribution in [0.5, 0.6) is 5.75 Å². The zero-order valence-electron chi connectivity index (χ0n) is 13.8. The maximum atomic E-state index is 13.5. The zero-order chi connectivity index (χ0) is 15.2. The van der Waals surface area contributed by atoms with Gasteiger partial charge >= 0.3 is 0 Å². The number of phenolic OH excluding ortho intramolecular Hbond substituents is 1. The first-order valence-electron chi connectivity index (χ1n) is 7.79. The van der Waals surface area contributed by atoms with Crippen LogP contribution in [0.2, 0.25) is 0 Å². The third-order valence-electron chi connectivity index (χ3n) is 4.24. The lowest BCUT2D eigenvalue weighted by Crippen LogP contribution is -2.45. The topological polar surface area (TPSA) is 38.7 Å². The second-order valence-corrected chi connectivity index (χ2v) is 5.37. The Balaban J connectivity index is 0.00000242. The maximum absolute atomic E-state index is 13.5. The quantitative estimate of drug-likeness (QED) is 0.810. The summed E-state index contributed by atoms with van der Waals surface area (Å²) in [5, 5.41) is 13.6. The largest absolute Gasteiger partial charge is 0.508 e. The average molecular weight is 368 g/mol. The molecule has 7 heteroatoms. The summed E-state index contributed by atoms with van der Waals surface area (Å²) in [6.45, 7) is 8.83. The Labute approximate surface area is 150 Å². The maximum Gasteiger partial charge on any atom is 0.122 e. The highest BCUT2D eigenvalue weighted by Gasteiger charge is 2.24. The van der Waals surface area contributed by atoms with Crippen molar-refractivity contribution >= 4 is 30.5 Å². The van der Waals surface area contributed by atoms with Crippen LogP contribution in [0.25, 0.3) is 0 Å². The van der Waals surface area contributed by atoms with Crippen molar-refractivity contribution in [1.82, 2.24) is 10.2 Å². The van der Waals surface area contributed by atoms with E-state index in [2.05, 4.69) is 29.0 Å². The van der Waals surface area contributed by atoms with Crippen LogP contribution in [-0.2, 0) is 0 Å². The number of aromatic hydroxyl groups is 1. The van der Waals surface area contributed by atoms with Crippen LogP contribution in [0.4, 0.5) is 10.1 Å². The van der Waals surface area contributed by atoms with Crippen molar-refractivity contribution in [2.75, 3.05) is 50.8 Å². The van der Waals surface area contributed by atoms with Gasteiger partial charge in [0.25, 0.3) is 0 Å². The normalized spacial score (nSPS) is 16.1. The number of anilines is 1. The minimum atomic E-state index is -0.474. The van der Waals surface area contributed by atoms with E-state index in [0.717, 1.165) is 45.0 Å². The summed E-state index contributed by atoms with van der Waals surface area (Å²) in [7, 11) is 0. The number of piperazine rings is 1. The fourth-order valence-electron chi connectivity index (χ4n) is 2.97. The summed E-state index contributed by atoms with van der Waals surface area (Å²) in [6, 6.07) is 5.26. The molecule has 1 fully saturated rings. The minimum absolute atomic E-state index is 0. The standard InChI is InChI=1S/C16H26FN3O.2ClH/c1-3-19(4-2)13-5-6-14(16(21)11-13)15(12-17)20-9-7-18-8-10-20;;/h5-6,11,15,18,21H,3-4,7-10,12H2,1-2H3;2*1H/t15-;;/m0../s1. The molecule has 0 amide bonds. The number of hydrogen-bond acceptors (Lipinski definition) is 4. The van der Waals surface area contributed by atoms with Crippen LogP contribution >= 0.6 is 24.8 Å². The van der Waals surface area contributed by atoms with E-state index in [1.54, 1.807) is 6.07 Å². The van der Waals surface area contributed by atoms with Gasteiger partial charge in [-0.3, -0.25) is 4.90 Å². The van der Waals surface area contributed by atoms with E-state index in [1.807, 2.05) is 12.1 Å². The molecule has 1 atom stereocenters. The second kappa shape index (κ2) is 10.9. The predicted octanol–water partition coefficient (Wildman–Crippen LogP) is 3.00. The van der Waals surface area contributed by atoms with Crippen LogP contribution in [-0.4, -0.2) is 55.9 Å². The number of hydrogen-bond donors (Lipinski definition) is 2. The predicted molar refractivity (Wildman–Crippen MR) is 99.3 cm³/mol. The highest BCUT2D eigenvalue weighted by molar-refractivity contribution is 5.85. The summed E-state index contributed by atoms with van der Waals surface area (Å²) in [5.74, 6) is 0.195. The van der Waals surface area contributed by atoms with Crippen molar-refractivity contribution in [2.45, 2.75) is 19.9 Å². The zero-order valence-corrected chi connectivity index (χ0v) is 15.4. The average Bonchev–Trinajstić information content (AvgIpc) is 2.52. The molecule has 1 aliphatic rings. The van der Waals surface area contributed by atoms with E-state index in [1.165, 1.54) is 0 Å². The molecular weight excluding hydrogens is 340 g/mol. The third kappa shape index (κ3) is 5.38. The van der Waals surface area contributed by atoms with E-state index < -0.39 is 6.67 Å². The first-order chi connectivity index (χ1) is 10.2. The minimum Gasteiger partial charge on any atom is -0.508 e. The van der Waals surface area contributed by atoms with E-state index in [0.29, 0.717) is 5.56 Å². The SMILES string of the molecule is CCN(CC)c1ccc([C@H](CF)N2CCNCC2)c(O)c1.Cl.Cl. The van der Waals surface area contributed by atoms with E-state index in [9.17, 15) is 9.50 Å². The summed E-state index contributed by atoms with van der Waals surface area (Å²) >= 11 is 0. The molecule has 2 rings (SSSR count). The number of alkyl halides is 1. The summed E-state index contributed by atoms with van der Waals surface area (Å²) in [6.07, 6.45) is 0. The Morgan fingerprint density at radius 2 is 1.83 bits per heavy atom. The number of nitrogens with one attached hydrogen (secondary N) is 1. The molecule has 1 aliphatic heterocycles. The molecule has 0 bridgehead atoms. The lowest BCUT2D eigenvalue weighted by Gasteiger charge is -2.34. The molecule has 0 aliphatic carbocycles. The van der Waals surface area contributed by atoms with Gasteiger partial charge in [-0.1, -0.05) is 6.07 Å². The fourth-order valence-corrected chi connectivity index (χ4v) is 2.97. The number of rotatable bonds is 6. The summed E-state index contributed by atoms with van der Waals surface area (Å²) < 4.78 is 13.5. The molecule has 0 aromatic heterocycles. The summed E-state index contributed by atoms with van der Waals surface area (Å²) in [4.78, 5) is 4.27. The molecule has 4 nitrogen and oxygen atoms in total. The molecule has 1 aromatic carbocycles. The van der Waals surface area contributed by atoms with Gasteiger partial charge in [0.15, 0.2) is 0 Å². The highest BCUT2D eigenvalue weighted by atomic mass is 35.5. The number of nitrogens with zero attached hydrogens (tertiary/aromatic N) is 2. The molecule has 0 radical (unpaired) electrons. The lowest BCUT2D eigenvalue weighted by molar-refractivity contribution is 0.145. The highest BCUT2D eigenvalue weighted by Crippen LogP contribution is 2.32. The Bertz CT molecular complexity index is 455. The van der Waals surface area contributed by atoms with Crippen LogP contribution in [0.15, 0.2) is 18.2 Å². The molecule has 2 N–H and O–H groups in total. The van der Waals surface area contributed by atoms with Crippen LogP contribution in [0.1, 0.15) is 25.5 Å². The number of phenols is 1. The summed E-state index contributed by atoms with van der Waals surface area (Å²) in [5.41, 5.74) is 1.68. The molecule has 1 saturated heterocycles. The fraction of sp³-hybridized carbons (Fsp3) is 0.625. The molecule has 23 heavy (non-hydrogen) atoms. The lowest BCUT2D eigenvalue weighted by atomic mass is 10.0. The van der Waals surface area contributed by atoms with Crippen molar-refractivity contribution in [1.29, 1.82) is 0 Å². The Kier molecular flexibility index (Phi) is 10.6. The molecular formula is C16H28Cl2FN3O. The third-order valence-corrected chi connectivity index (χ3v) is 4.24. The first-order valence-corrected chi connectivity index (χ1v) is 7.79. The molecule has 0 saturated carbocycles. The molecule has 0 unspecified atom stereocenters.